The van der Waals surface area contributed by atoms with Crippen LogP contribution < -0.4 is 0 Å². The number of nitrogens with zero attached hydrogens (tertiary/aromatic N) is 1. The molecule has 7 heteroatoms. The van der Waals surface area contributed by atoms with Crippen LogP contribution in [0.1, 0.15) is 58.4 Å². The van der Waals surface area contributed by atoms with Gasteiger partial charge in [0.05, 0.1) is 0 Å². The summed E-state index contributed by atoms with van der Waals surface area (Å²) in [4.78, 5) is 15.2. The van der Waals surface area contributed by atoms with Crippen LogP contribution in [-0.2, 0) is 15.6 Å². The van der Waals surface area contributed by atoms with Crippen LogP contribution in [0.15, 0.2) is 12.1 Å². The van der Waals surface area contributed by atoms with Crippen molar-refractivity contribution in [2.45, 2.75) is 89.6 Å². The molecule has 0 bridgehead atoms. The van der Waals surface area contributed by atoms with Crippen molar-refractivity contribution < 1.29 is 14.3 Å². The number of halogens is 2. The molecule has 1 atom stereocenters. The van der Waals surface area contributed by atoms with Gasteiger partial charge in [0, 0.05) is 34.7 Å². The van der Waals surface area contributed by atoms with Gasteiger partial charge < -0.3 is 14.4 Å². The van der Waals surface area contributed by atoms with Gasteiger partial charge in [-0.2, -0.15) is 0 Å². The SMILES string of the molecule is CC(C)(C)[Si](C)(C)O[C@H]1CC[C@@H](N2CC[C@@H](Cc3c(Cl)cc(O)cc3Cl)C2=O)CC1. The summed E-state index contributed by atoms with van der Waals surface area (Å²) in [6.07, 6.45) is 5.76. The van der Waals surface area contributed by atoms with E-state index in [1.165, 1.54) is 12.1 Å². The first kappa shape index (κ1) is 23.9. The maximum absolute atomic E-state index is 13.1. The lowest BCUT2D eigenvalue weighted by Crippen LogP contribution is -2.47. The highest BCUT2D eigenvalue weighted by atomic mass is 35.5. The van der Waals surface area contributed by atoms with Crippen molar-refractivity contribution in [3.05, 3.63) is 27.7 Å². The van der Waals surface area contributed by atoms with Gasteiger partial charge in [-0.05, 0) is 74.4 Å². The summed E-state index contributed by atoms with van der Waals surface area (Å²) in [5, 5.41) is 10.7. The average molecular weight is 473 g/mol. The number of carbonyl (C=O) groups is 1. The standard InChI is InChI=1S/C23H35Cl2NO3Si/c1-23(2,3)30(4,5)29-18-8-6-16(7-9-18)26-11-10-15(22(26)28)12-19-20(24)13-17(27)14-21(19)25/h13-16,18,27H,6-12H2,1-5H3/t15-,16-,18+/m0/s1. The molecule has 1 aromatic carbocycles. The maximum atomic E-state index is 13.1. The summed E-state index contributed by atoms with van der Waals surface area (Å²) in [5.41, 5.74) is 0.753. The van der Waals surface area contributed by atoms with Crippen LogP contribution in [0.2, 0.25) is 28.2 Å². The Morgan fingerprint density at radius 1 is 1.10 bits per heavy atom. The topological polar surface area (TPSA) is 49.8 Å². The average Bonchev–Trinajstić information content (AvgIpc) is 2.98. The molecule has 1 heterocycles. The zero-order valence-electron chi connectivity index (χ0n) is 18.8. The summed E-state index contributed by atoms with van der Waals surface area (Å²) in [6.45, 7) is 12.3. The Morgan fingerprint density at radius 2 is 1.67 bits per heavy atom. The van der Waals surface area contributed by atoms with Crippen molar-refractivity contribution in [2.24, 2.45) is 5.92 Å². The lowest BCUT2D eigenvalue weighted by molar-refractivity contribution is -0.133. The number of rotatable bonds is 5. The van der Waals surface area contributed by atoms with Gasteiger partial charge in [-0.25, -0.2) is 0 Å². The maximum Gasteiger partial charge on any atom is 0.226 e. The van der Waals surface area contributed by atoms with Crippen LogP contribution >= 0.6 is 23.2 Å². The van der Waals surface area contributed by atoms with Crippen LogP contribution in [0.5, 0.6) is 5.75 Å². The predicted octanol–water partition coefficient (Wildman–Crippen LogP) is 6.42. The Labute approximate surface area is 192 Å². The monoisotopic (exact) mass is 471 g/mol. The summed E-state index contributed by atoms with van der Waals surface area (Å²) in [6, 6.07) is 3.29. The number of aromatic hydroxyl groups is 1. The van der Waals surface area contributed by atoms with E-state index in [9.17, 15) is 9.90 Å². The first-order chi connectivity index (χ1) is 13.9. The van der Waals surface area contributed by atoms with Crippen molar-refractivity contribution in [2.75, 3.05) is 6.54 Å². The third-order valence-electron chi connectivity index (χ3n) is 7.28. The van der Waals surface area contributed by atoms with Crippen molar-refractivity contribution >= 4 is 37.4 Å². The Bertz CT molecular complexity index is 762. The molecule has 30 heavy (non-hydrogen) atoms. The van der Waals surface area contributed by atoms with Crippen LogP contribution in [0.4, 0.5) is 0 Å². The van der Waals surface area contributed by atoms with E-state index in [1.54, 1.807) is 0 Å². The second-order valence-corrected chi connectivity index (χ2v) is 16.0. The molecule has 0 unspecified atom stereocenters. The van der Waals surface area contributed by atoms with Gasteiger partial charge in [-0.3, -0.25) is 4.79 Å². The number of phenolic OH excluding ortho intramolecular Hbond substituents is 1. The molecule has 1 aliphatic heterocycles. The molecule has 1 N–H and O–H groups in total. The van der Waals surface area contributed by atoms with Crippen molar-refractivity contribution in [1.29, 1.82) is 0 Å². The quantitative estimate of drug-likeness (QED) is 0.503. The first-order valence-electron chi connectivity index (χ1n) is 11.0. The second-order valence-electron chi connectivity index (χ2n) is 10.4. The minimum Gasteiger partial charge on any atom is -0.508 e. The highest BCUT2D eigenvalue weighted by Crippen LogP contribution is 2.40. The molecule has 3 rings (SSSR count). The molecule has 2 fully saturated rings. The molecule has 2 aliphatic rings. The molecule has 1 aromatic rings. The van der Waals surface area contributed by atoms with Crippen LogP contribution in [0, 0.1) is 5.92 Å². The number of likely N-dealkylation sites (tertiary alicyclic amines) is 1. The van der Waals surface area contributed by atoms with E-state index < -0.39 is 8.32 Å². The van der Waals surface area contributed by atoms with Crippen LogP contribution in [0.25, 0.3) is 0 Å². The number of phenols is 1. The van der Waals surface area contributed by atoms with Crippen LogP contribution in [0.3, 0.4) is 0 Å². The molecule has 0 spiro atoms. The van der Waals surface area contributed by atoms with Crippen LogP contribution in [-0.4, -0.2) is 42.9 Å². The van der Waals surface area contributed by atoms with E-state index >= 15 is 0 Å². The predicted molar refractivity (Wildman–Crippen MR) is 126 cm³/mol. The number of carbonyl (C=O) groups excluding carboxylic acids is 1. The molecule has 168 valence electrons. The Kier molecular flexibility index (Phi) is 7.18. The largest absolute Gasteiger partial charge is 0.508 e. The lowest BCUT2D eigenvalue weighted by Gasteiger charge is -2.42. The van der Waals surface area contributed by atoms with E-state index in [-0.39, 0.29) is 22.6 Å². The van der Waals surface area contributed by atoms with Gasteiger partial charge in [0.2, 0.25) is 5.91 Å². The molecule has 1 saturated carbocycles. The van der Waals surface area contributed by atoms with Gasteiger partial charge in [0.25, 0.3) is 0 Å². The van der Waals surface area contributed by atoms with Crippen molar-refractivity contribution in [1.82, 2.24) is 4.90 Å². The molecular weight excluding hydrogens is 437 g/mol. The van der Waals surface area contributed by atoms with Crippen molar-refractivity contribution in [3.63, 3.8) is 0 Å². The number of benzene rings is 1. The molecular formula is C23H35Cl2NO3Si. The fourth-order valence-corrected chi connectivity index (χ4v) is 6.47. The highest BCUT2D eigenvalue weighted by molar-refractivity contribution is 6.74. The molecule has 1 amide bonds. The Hall–Kier alpha value is -0.753. The van der Waals surface area contributed by atoms with E-state index in [4.69, 9.17) is 27.6 Å². The van der Waals surface area contributed by atoms with E-state index in [2.05, 4.69) is 38.8 Å². The molecule has 0 radical (unpaired) electrons. The molecule has 4 nitrogen and oxygen atoms in total. The van der Waals surface area contributed by atoms with E-state index in [1.807, 2.05) is 0 Å². The number of hydrogen-bond acceptors (Lipinski definition) is 3. The van der Waals surface area contributed by atoms with Gasteiger partial charge in [-0.1, -0.05) is 44.0 Å². The lowest BCUT2D eigenvalue weighted by atomic mass is 9.92. The second kappa shape index (κ2) is 9.01. The first-order valence-corrected chi connectivity index (χ1v) is 14.7. The Balaban J connectivity index is 1.56. The number of amides is 1. The van der Waals surface area contributed by atoms with Crippen molar-refractivity contribution in [3.8, 4) is 5.75 Å². The molecule has 1 saturated heterocycles. The summed E-state index contributed by atoms with van der Waals surface area (Å²) >= 11 is 12.5. The van der Waals surface area contributed by atoms with E-state index in [0.717, 1.165) is 44.2 Å². The third kappa shape index (κ3) is 5.17. The minimum atomic E-state index is -1.75. The molecule has 0 aromatic heterocycles. The minimum absolute atomic E-state index is 0.0461. The normalized spacial score (nSPS) is 25.8. The third-order valence-corrected chi connectivity index (χ3v) is 12.5. The van der Waals surface area contributed by atoms with Gasteiger partial charge in [0.1, 0.15) is 5.75 Å². The fraction of sp³-hybridized carbons (Fsp3) is 0.696. The highest BCUT2D eigenvalue weighted by Gasteiger charge is 2.42. The smallest absolute Gasteiger partial charge is 0.226 e. The summed E-state index contributed by atoms with van der Waals surface area (Å²) in [5.74, 6) is 0.166. The zero-order valence-corrected chi connectivity index (χ0v) is 21.3. The zero-order chi connectivity index (χ0) is 22.3. The van der Waals surface area contributed by atoms with Gasteiger partial charge in [-0.15, -0.1) is 0 Å². The van der Waals surface area contributed by atoms with Gasteiger partial charge >= 0.3 is 0 Å². The summed E-state index contributed by atoms with van der Waals surface area (Å²) in [7, 11) is -1.75. The molecule has 1 aliphatic carbocycles. The summed E-state index contributed by atoms with van der Waals surface area (Å²) < 4.78 is 6.60. The Morgan fingerprint density at radius 3 is 2.20 bits per heavy atom. The fourth-order valence-electron chi connectivity index (χ4n) is 4.41. The van der Waals surface area contributed by atoms with Gasteiger partial charge in [0.15, 0.2) is 8.32 Å². The number of hydrogen-bond donors (Lipinski definition) is 1. The van der Waals surface area contributed by atoms with E-state index in [0.29, 0.717) is 28.6 Å².